The van der Waals surface area contributed by atoms with Crippen LogP contribution in [-0.4, -0.2) is 9.97 Å². The molecule has 3 aromatic rings. The van der Waals surface area contributed by atoms with Crippen LogP contribution in [0.3, 0.4) is 0 Å². The minimum atomic E-state index is -0.495. The predicted molar refractivity (Wildman–Crippen MR) is 99.9 cm³/mol. The van der Waals surface area contributed by atoms with Gasteiger partial charge in [0, 0.05) is 17.3 Å². The van der Waals surface area contributed by atoms with Crippen molar-refractivity contribution >= 4 is 46.2 Å². The van der Waals surface area contributed by atoms with Crippen LogP contribution in [0, 0.1) is 5.82 Å². The standard InChI is InChI=1S/C17H14Cl2FN5/c18-12-4-2-1-3-10(12)8-22-16-15(21)17(24-9-23-16)25-11-5-6-14(20)13(19)7-11/h1-7,9H,8,21H2,(H2,22,23,24,25). The molecular formula is C17H14Cl2FN5. The van der Waals surface area contributed by atoms with Crippen LogP contribution in [-0.2, 0) is 6.54 Å². The molecule has 0 saturated heterocycles. The highest BCUT2D eigenvalue weighted by atomic mass is 35.5. The third-order valence-electron chi connectivity index (χ3n) is 3.47. The van der Waals surface area contributed by atoms with Gasteiger partial charge in [-0.2, -0.15) is 0 Å². The van der Waals surface area contributed by atoms with Gasteiger partial charge in [0.1, 0.15) is 17.8 Å². The summed E-state index contributed by atoms with van der Waals surface area (Å²) in [6.07, 6.45) is 1.37. The average Bonchev–Trinajstić information content (AvgIpc) is 2.60. The second kappa shape index (κ2) is 7.55. The largest absolute Gasteiger partial charge is 0.393 e. The smallest absolute Gasteiger partial charge is 0.159 e. The van der Waals surface area contributed by atoms with Gasteiger partial charge in [-0.3, -0.25) is 0 Å². The quantitative estimate of drug-likeness (QED) is 0.591. The van der Waals surface area contributed by atoms with Gasteiger partial charge in [-0.15, -0.1) is 0 Å². The van der Waals surface area contributed by atoms with Crippen LogP contribution in [0.5, 0.6) is 0 Å². The highest BCUT2D eigenvalue weighted by Gasteiger charge is 2.10. The summed E-state index contributed by atoms with van der Waals surface area (Å²) in [7, 11) is 0. The molecular weight excluding hydrogens is 364 g/mol. The maximum absolute atomic E-state index is 13.2. The lowest BCUT2D eigenvalue weighted by Gasteiger charge is -2.13. The summed E-state index contributed by atoms with van der Waals surface area (Å²) in [5.41, 5.74) is 7.92. The summed E-state index contributed by atoms with van der Waals surface area (Å²) < 4.78 is 13.2. The van der Waals surface area contributed by atoms with Gasteiger partial charge >= 0.3 is 0 Å². The van der Waals surface area contributed by atoms with E-state index in [9.17, 15) is 4.39 Å². The van der Waals surface area contributed by atoms with Gasteiger partial charge in [0.2, 0.25) is 0 Å². The molecule has 25 heavy (non-hydrogen) atoms. The molecule has 0 aliphatic rings. The molecule has 1 aromatic heterocycles. The van der Waals surface area contributed by atoms with Crippen molar-refractivity contribution in [3.05, 3.63) is 70.2 Å². The molecule has 128 valence electrons. The van der Waals surface area contributed by atoms with Crippen molar-refractivity contribution < 1.29 is 4.39 Å². The Balaban J connectivity index is 1.77. The summed E-state index contributed by atoms with van der Waals surface area (Å²) in [6, 6.07) is 11.7. The summed E-state index contributed by atoms with van der Waals surface area (Å²) in [5, 5.41) is 6.79. The summed E-state index contributed by atoms with van der Waals surface area (Å²) in [4.78, 5) is 8.25. The molecule has 0 atom stereocenters. The van der Waals surface area contributed by atoms with Crippen molar-refractivity contribution in [1.29, 1.82) is 0 Å². The lowest BCUT2D eigenvalue weighted by molar-refractivity contribution is 0.628. The Morgan fingerprint density at radius 1 is 1.00 bits per heavy atom. The number of hydrogen-bond acceptors (Lipinski definition) is 5. The van der Waals surface area contributed by atoms with E-state index in [-0.39, 0.29) is 5.02 Å². The van der Waals surface area contributed by atoms with Gasteiger partial charge in [0.25, 0.3) is 0 Å². The zero-order valence-corrected chi connectivity index (χ0v) is 14.4. The van der Waals surface area contributed by atoms with Crippen molar-refractivity contribution in [2.75, 3.05) is 16.4 Å². The number of rotatable bonds is 5. The highest BCUT2D eigenvalue weighted by molar-refractivity contribution is 6.31. The minimum absolute atomic E-state index is 0.00898. The zero-order valence-electron chi connectivity index (χ0n) is 12.9. The molecule has 1 heterocycles. The van der Waals surface area contributed by atoms with Crippen LogP contribution < -0.4 is 16.4 Å². The van der Waals surface area contributed by atoms with Crippen LogP contribution in [0.25, 0.3) is 0 Å². The van der Waals surface area contributed by atoms with Crippen LogP contribution in [0.15, 0.2) is 48.8 Å². The number of hydrogen-bond donors (Lipinski definition) is 3. The maximum Gasteiger partial charge on any atom is 0.159 e. The zero-order chi connectivity index (χ0) is 17.8. The number of nitrogen functional groups attached to an aromatic ring is 1. The Morgan fingerprint density at radius 2 is 1.76 bits per heavy atom. The second-order valence-electron chi connectivity index (χ2n) is 5.18. The van der Waals surface area contributed by atoms with Crippen LogP contribution in [0.1, 0.15) is 5.56 Å². The molecule has 0 saturated carbocycles. The Morgan fingerprint density at radius 3 is 2.52 bits per heavy atom. The predicted octanol–water partition coefficient (Wildman–Crippen LogP) is 4.86. The summed E-state index contributed by atoms with van der Waals surface area (Å²) in [5.74, 6) is 0.356. The first-order valence-corrected chi connectivity index (χ1v) is 8.10. The minimum Gasteiger partial charge on any atom is -0.393 e. The Labute approximate surface area is 154 Å². The maximum atomic E-state index is 13.2. The van der Waals surface area contributed by atoms with Gasteiger partial charge in [-0.05, 0) is 29.8 Å². The first-order chi connectivity index (χ1) is 12.0. The number of nitrogens with one attached hydrogen (secondary N) is 2. The van der Waals surface area contributed by atoms with Gasteiger partial charge in [-0.1, -0.05) is 41.4 Å². The van der Waals surface area contributed by atoms with Gasteiger partial charge < -0.3 is 16.4 Å². The number of aromatic nitrogens is 2. The van der Waals surface area contributed by atoms with Crippen molar-refractivity contribution in [3.63, 3.8) is 0 Å². The van der Waals surface area contributed by atoms with E-state index >= 15 is 0 Å². The number of anilines is 4. The topological polar surface area (TPSA) is 75.9 Å². The Hall–Kier alpha value is -2.57. The van der Waals surface area contributed by atoms with Crippen molar-refractivity contribution in [3.8, 4) is 0 Å². The van der Waals surface area contributed by atoms with E-state index in [1.165, 1.54) is 18.5 Å². The molecule has 0 bridgehead atoms. The molecule has 0 radical (unpaired) electrons. The Bertz CT molecular complexity index is 904. The fourth-order valence-corrected chi connectivity index (χ4v) is 2.55. The fraction of sp³-hybridized carbons (Fsp3) is 0.0588. The molecule has 0 spiro atoms. The normalized spacial score (nSPS) is 10.5. The lowest BCUT2D eigenvalue weighted by atomic mass is 10.2. The lowest BCUT2D eigenvalue weighted by Crippen LogP contribution is -2.08. The van der Waals surface area contributed by atoms with Crippen molar-refractivity contribution in [1.82, 2.24) is 9.97 Å². The van der Waals surface area contributed by atoms with Gasteiger partial charge in [0.05, 0.1) is 5.02 Å². The SMILES string of the molecule is Nc1c(NCc2ccccc2Cl)ncnc1Nc1ccc(F)c(Cl)c1. The molecule has 2 aromatic carbocycles. The van der Waals surface area contributed by atoms with Crippen molar-refractivity contribution in [2.24, 2.45) is 0 Å². The summed E-state index contributed by atoms with van der Waals surface area (Å²) >= 11 is 11.9. The van der Waals surface area contributed by atoms with Crippen LogP contribution >= 0.6 is 23.2 Å². The van der Waals surface area contributed by atoms with E-state index < -0.39 is 5.82 Å². The van der Waals surface area contributed by atoms with E-state index in [0.717, 1.165) is 5.56 Å². The molecule has 5 nitrogen and oxygen atoms in total. The highest BCUT2D eigenvalue weighted by Crippen LogP contribution is 2.28. The van der Waals surface area contributed by atoms with E-state index in [2.05, 4.69) is 20.6 Å². The van der Waals surface area contributed by atoms with Crippen LogP contribution in [0.2, 0.25) is 10.0 Å². The van der Waals surface area contributed by atoms with Gasteiger partial charge in [-0.25, -0.2) is 14.4 Å². The van der Waals surface area contributed by atoms with Gasteiger partial charge in [0.15, 0.2) is 11.6 Å². The molecule has 0 unspecified atom stereocenters. The monoisotopic (exact) mass is 377 g/mol. The first kappa shape index (κ1) is 17.3. The number of nitrogens with two attached hydrogens (primary N) is 1. The molecule has 0 aliphatic carbocycles. The van der Waals surface area contributed by atoms with Crippen LogP contribution in [0.4, 0.5) is 27.4 Å². The van der Waals surface area contributed by atoms with E-state index in [4.69, 9.17) is 28.9 Å². The first-order valence-electron chi connectivity index (χ1n) is 7.34. The van der Waals surface area contributed by atoms with Crippen molar-refractivity contribution in [2.45, 2.75) is 6.54 Å². The molecule has 4 N–H and O–H groups in total. The third-order valence-corrected chi connectivity index (χ3v) is 4.13. The third kappa shape index (κ3) is 4.10. The second-order valence-corrected chi connectivity index (χ2v) is 6.00. The molecule has 0 fully saturated rings. The molecule has 8 heteroatoms. The molecule has 0 amide bonds. The number of nitrogens with zero attached hydrogens (tertiary/aromatic N) is 2. The number of benzene rings is 2. The molecule has 3 rings (SSSR count). The summed E-state index contributed by atoms with van der Waals surface area (Å²) in [6.45, 7) is 0.461. The fourth-order valence-electron chi connectivity index (χ4n) is 2.17. The Kier molecular flexibility index (Phi) is 5.21. The van der Waals surface area contributed by atoms with E-state index in [1.807, 2.05) is 24.3 Å². The van der Waals surface area contributed by atoms with E-state index in [1.54, 1.807) is 6.07 Å². The molecule has 0 aliphatic heterocycles. The number of halogens is 3. The van der Waals surface area contributed by atoms with E-state index in [0.29, 0.717) is 34.6 Å². The average molecular weight is 378 g/mol.